The summed E-state index contributed by atoms with van der Waals surface area (Å²) in [6.45, 7) is 2.04. The van der Waals surface area contributed by atoms with Crippen molar-refractivity contribution in [2.45, 2.75) is 18.5 Å². The molecule has 0 aromatic heterocycles. The first-order valence-corrected chi connectivity index (χ1v) is 6.65. The highest BCUT2D eigenvalue weighted by atomic mass is 127. The van der Waals surface area contributed by atoms with Gasteiger partial charge in [-0.05, 0) is 54.3 Å². The Balaban J connectivity index is 1.89. The standard InChI is InChI=1S/C12H14FIN2/c1-15-6-10-5-9(15)7-16(10)12-3-2-8(14)4-11(12)13/h2-4,9-10H,5-7H2,1H3/t9-,10-/m0/s1. The van der Waals surface area contributed by atoms with E-state index in [0.717, 1.165) is 22.3 Å². The van der Waals surface area contributed by atoms with Gasteiger partial charge >= 0.3 is 0 Å². The molecule has 0 aliphatic carbocycles. The van der Waals surface area contributed by atoms with E-state index in [1.54, 1.807) is 6.07 Å². The molecule has 2 atom stereocenters. The summed E-state index contributed by atoms with van der Waals surface area (Å²) < 4.78 is 14.8. The van der Waals surface area contributed by atoms with Gasteiger partial charge in [0.05, 0.1) is 5.69 Å². The summed E-state index contributed by atoms with van der Waals surface area (Å²) in [4.78, 5) is 4.61. The molecule has 1 aromatic carbocycles. The second-order valence-corrected chi connectivity index (χ2v) is 5.98. The molecule has 4 heteroatoms. The number of halogens is 2. The van der Waals surface area contributed by atoms with Crippen molar-refractivity contribution in [3.8, 4) is 0 Å². The van der Waals surface area contributed by atoms with Crippen molar-refractivity contribution in [2.75, 3.05) is 25.0 Å². The lowest BCUT2D eigenvalue weighted by atomic mass is 10.2. The van der Waals surface area contributed by atoms with Gasteiger partial charge in [-0.1, -0.05) is 0 Å². The van der Waals surface area contributed by atoms with Gasteiger partial charge in [0.1, 0.15) is 5.82 Å². The molecule has 0 saturated carbocycles. The van der Waals surface area contributed by atoms with E-state index in [4.69, 9.17) is 0 Å². The van der Waals surface area contributed by atoms with E-state index >= 15 is 0 Å². The van der Waals surface area contributed by atoms with Gasteiger partial charge in [0.15, 0.2) is 0 Å². The maximum atomic E-state index is 13.9. The van der Waals surface area contributed by atoms with Gasteiger partial charge in [-0.25, -0.2) is 4.39 Å². The lowest BCUT2D eigenvalue weighted by molar-refractivity contribution is 0.292. The second-order valence-electron chi connectivity index (χ2n) is 4.73. The lowest BCUT2D eigenvalue weighted by Crippen LogP contribution is -2.44. The van der Waals surface area contributed by atoms with Gasteiger partial charge in [0.25, 0.3) is 0 Å². The van der Waals surface area contributed by atoms with Crippen LogP contribution in [-0.4, -0.2) is 37.1 Å². The van der Waals surface area contributed by atoms with Crippen LogP contribution in [0.1, 0.15) is 6.42 Å². The van der Waals surface area contributed by atoms with Crippen molar-refractivity contribution in [3.05, 3.63) is 27.6 Å². The van der Waals surface area contributed by atoms with Gasteiger partial charge in [-0.15, -0.1) is 0 Å². The maximum Gasteiger partial charge on any atom is 0.147 e. The van der Waals surface area contributed by atoms with Crippen molar-refractivity contribution >= 4 is 28.3 Å². The van der Waals surface area contributed by atoms with Gasteiger partial charge in [-0.2, -0.15) is 0 Å². The molecule has 1 aromatic rings. The molecule has 0 radical (unpaired) electrons. The summed E-state index contributed by atoms with van der Waals surface area (Å²) in [6, 6.07) is 6.63. The summed E-state index contributed by atoms with van der Waals surface area (Å²) in [6.07, 6.45) is 1.18. The summed E-state index contributed by atoms with van der Waals surface area (Å²) in [7, 11) is 2.16. The van der Waals surface area contributed by atoms with E-state index < -0.39 is 0 Å². The fourth-order valence-electron chi connectivity index (χ4n) is 2.88. The third-order valence-electron chi connectivity index (χ3n) is 3.73. The number of piperazine rings is 1. The molecule has 2 heterocycles. The predicted molar refractivity (Wildman–Crippen MR) is 71.3 cm³/mol. The summed E-state index contributed by atoms with van der Waals surface area (Å²) in [5.74, 6) is -0.0814. The van der Waals surface area contributed by atoms with Crippen molar-refractivity contribution in [1.29, 1.82) is 0 Å². The van der Waals surface area contributed by atoms with Crippen LogP contribution in [0.2, 0.25) is 0 Å². The molecule has 86 valence electrons. The van der Waals surface area contributed by atoms with E-state index in [1.165, 1.54) is 6.42 Å². The smallest absolute Gasteiger partial charge is 0.147 e. The Morgan fingerprint density at radius 2 is 2.12 bits per heavy atom. The molecule has 16 heavy (non-hydrogen) atoms. The zero-order valence-electron chi connectivity index (χ0n) is 9.16. The Kier molecular flexibility index (Phi) is 2.58. The summed E-state index contributed by atoms with van der Waals surface area (Å²) in [5, 5.41) is 0. The van der Waals surface area contributed by atoms with E-state index in [-0.39, 0.29) is 5.82 Å². The number of likely N-dealkylation sites (tertiary alicyclic amines) is 1. The Morgan fingerprint density at radius 1 is 1.31 bits per heavy atom. The van der Waals surface area contributed by atoms with Crippen molar-refractivity contribution in [1.82, 2.24) is 4.90 Å². The van der Waals surface area contributed by atoms with Crippen molar-refractivity contribution < 1.29 is 4.39 Å². The number of hydrogen-bond acceptors (Lipinski definition) is 2. The molecule has 0 N–H and O–H groups in total. The SMILES string of the molecule is CN1C[C@@H]2C[C@H]1CN2c1ccc(I)cc1F. The molecule has 3 rings (SSSR count). The maximum absolute atomic E-state index is 13.9. The average Bonchev–Trinajstić information content (AvgIpc) is 2.76. The number of fused-ring (bicyclic) bond motifs is 2. The zero-order valence-corrected chi connectivity index (χ0v) is 11.3. The third kappa shape index (κ3) is 1.62. The van der Waals surface area contributed by atoms with E-state index in [1.807, 2.05) is 12.1 Å². The Morgan fingerprint density at radius 3 is 2.69 bits per heavy atom. The summed E-state index contributed by atoms with van der Waals surface area (Å²) >= 11 is 2.15. The minimum Gasteiger partial charge on any atom is -0.363 e. The van der Waals surface area contributed by atoms with E-state index in [9.17, 15) is 4.39 Å². The Hall–Kier alpha value is -0.360. The van der Waals surface area contributed by atoms with Crippen LogP contribution in [0.4, 0.5) is 10.1 Å². The topological polar surface area (TPSA) is 6.48 Å². The third-order valence-corrected chi connectivity index (χ3v) is 4.40. The largest absolute Gasteiger partial charge is 0.363 e. The molecule has 2 nitrogen and oxygen atoms in total. The van der Waals surface area contributed by atoms with Crippen LogP contribution in [0, 0.1) is 9.39 Å². The summed E-state index contributed by atoms with van der Waals surface area (Å²) in [5.41, 5.74) is 0.779. The molecule has 0 unspecified atom stereocenters. The number of anilines is 1. The number of likely N-dealkylation sites (N-methyl/N-ethyl adjacent to an activating group) is 1. The van der Waals surface area contributed by atoms with Crippen molar-refractivity contribution in [2.24, 2.45) is 0 Å². The minimum atomic E-state index is -0.0814. The normalized spacial score (nSPS) is 29.1. The Bertz CT molecular complexity index is 421. The molecule has 0 spiro atoms. The fraction of sp³-hybridized carbons (Fsp3) is 0.500. The molecule has 2 saturated heterocycles. The van der Waals surface area contributed by atoms with Gasteiger partial charge in [-0.3, -0.25) is 4.90 Å². The van der Waals surface area contributed by atoms with Crippen LogP contribution >= 0.6 is 22.6 Å². The molecule has 2 bridgehead atoms. The van der Waals surface area contributed by atoms with Gasteiger partial charge in [0, 0.05) is 28.7 Å². The van der Waals surface area contributed by atoms with E-state index in [2.05, 4.69) is 39.4 Å². The van der Waals surface area contributed by atoms with Crippen LogP contribution in [0.3, 0.4) is 0 Å². The fourth-order valence-corrected chi connectivity index (χ4v) is 3.33. The minimum absolute atomic E-state index is 0.0814. The second kappa shape index (κ2) is 3.84. The van der Waals surface area contributed by atoms with Crippen LogP contribution in [0.15, 0.2) is 18.2 Å². The lowest BCUT2D eigenvalue weighted by Gasteiger charge is -2.33. The van der Waals surface area contributed by atoms with Crippen LogP contribution in [0.25, 0.3) is 0 Å². The molecular weight excluding hydrogens is 318 g/mol. The monoisotopic (exact) mass is 332 g/mol. The highest BCUT2D eigenvalue weighted by Gasteiger charge is 2.42. The highest BCUT2D eigenvalue weighted by Crippen LogP contribution is 2.35. The first-order valence-electron chi connectivity index (χ1n) is 5.57. The quantitative estimate of drug-likeness (QED) is 0.729. The molecule has 2 aliphatic heterocycles. The van der Waals surface area contributed by atoms with E-state index in [0.29, 0.717) is 12.1 Å². The number of nitrogens with zero attached hydrogens (tertiary/aromatic N) is 2. The average molecular weight is 332 g/mol. The zero-order chi connectivity index (χ0) is 11.3. The van der Waals surface area contributed by atoms with Crippen LogP contribution in [0.5, 0.6) is 0 Å². The first-order chi connectivity index (χ1) is 7.65. The predicted octanol–water partition coefficient (Wildman–Crippen LogP) is 2.32. The number of rotatable bonds is 1. The Labute approximate surface area is 109 Å². The number of benzene rings is 1. The van der Waals surface area contributed by atoms with Gasteiger partial charge in [0.2, 0.25) is 0 Å². The van der Waals surface area contributed by atoms with Gasteiger partial charge < -0.3 is 4.90 Å². The first kappa shape index (κ1) is 10.8. The highest BCUT2D eigenvalue weighted by molar-refractivity contribution is 14.1. The molecule has 0 amide bonds. The number of hydrogen-bond donors (Lipinski definition) is 0. The van der Waals surface area contributed by atoms with Crippen LogP contribution < -0.4 is 4.90 Å². The molecular formula is C12H14FIN2. The van der Waals surface area contributed by atoms with Crippen molar-refractivity contribution in [3.63, 3.8) is 0 Å². The molecule has 2 aliphatic rings. The molecule has 2 fully saturated rings. The van der Waals surface area contributed by atoms with Crippen LogP contribution in [-0.2, 0) is 0 Å².